The average Bonchev–Trinajstić information content (AvgIpc) is 2.41. The fourth-order valence-electron chi connectivity index (χ4n) is 2.47. The third-order valence-corrected chi connectivity index (χ3v) is 3.86. The lowest BCUT2D eigenvalue weighted by molar-refractivity contribution is 0.0696. The third kappa shape index (κ3) is 2.86. The monoisotopic (exact) mass is 261 g/mol. The molecule has 3 heteroatoms. The summed E-state index contributed by atoms with van der Waals surface area (Å²) in [5.74, 6) is 0.235. The first kappa shape index (κ1) is 13.8. The Hall–Kier alpha value is -1.64. The molecule has 0 radical (unpaired) electrons. The Balaban J connectivity index is 2.24. The van der Waals surface area contributed by atoms with E-state index in [4.69, 9.17) is 0 Å². The van der Waals surface area contributed by atoms with Crippen molar-refractivity contribution in [2.24, 2.45) is 5.92 Å². The lowest BCUT2D eigenvalue weighted by Gasteiger charge is -2.30. The van der Waals surface area contributed by atoms with E-state index in [1.807, 2.05) is 11.8 Å². The number of piperidine rings is 1. The summed E-state index contributed by atoms with van der Waals surface area (Å²) in [5.41, 5.74) is 1.72. The van der Waals surface area contributed by atoms with Gasteiger partial charge in [0, 0.05) is 24.2 Å². The first-order valence-electron chi connectivity index (χ1n) is 6.74. The Morgan fingerprint density at radius 2 is 2.05 bits per heavy atom. The van der Waals surface area contributed by atoms with Crippen molar-refractivity contribution in [1.82, 2.24) is 4.90 Å². The maximum absolute atomic E-state index is 13.8. The number of rotatable bonds is 2. The van der Waals surface area contributed by atoms with Crippen LogP contribution in [0.5, 0.6) is 0 Å². The molecule has 2 rings (SSSR count). The Labute approximate surface area is 113 Å². The van der Waals surface area contributed by atoms with Gasteiger partial charge < -0.3 is 4.90 Å². The van der Waals surface area contributed by atoms with Crippen LogP contribution in [0.25, 0.3) is 6.08 Å². The van der Waals surface area contributed by atoms with Gasteiger partial charge in [-0.3, -0.25) is 4.79 Å². The van der Waals surface area contributed by atoms with Gasteiger partial charge in [-0.2, -0.15) is 0 Å². The van der Waals surface area contributed by atoms with Crippen LogP contribution in [0.1, 0.15) is 41.3 Å². The minimum absolute atomic E-state index is 0.0566. The first-order valence-corrected chi connectivity index (χ1v) is 6.74. The predicted molar refractivity (Wildman–Crippen MR) is 75.5 cm³/mol. The molecule has 102 valence electrons. The summed E-state index contributed by atoms with van der Waals surface area (Å²) in [6.07, 6.45) is 3.52. The largest absolute Gasteiger partial charge is 0.339 e. The number of carbonyl (C=O) groups excluding carboxylic acids is 1. The first-order chi connectivity index (χ1) is 9.02. The SMILES string of the molecule is C=Cc1cc(C)c(C(=O)N2CCC(C)CC2)cc1F. The molecule has 1 aromatic rings. The second-order valence-corrected chi connectivity index (χ2v) is 5.37. The number of nitrogens with zero attached hydrogens (tertiary/aromatic N) is 1. The van der Waals surface area contributed by atoms with Crippen molar-refractivity contribution in [3.8, 4) is 0 Å². The molecule has 1 aliphatic rings. The number of hydrogen-bond acceptors (Lipinski definition) is 1. The van der Waals surface area contributed by atoms with E-state index in [0.717, 1.165) is 31.5 Å². The van der Waals surface area contributed by atoms with Gasteiger partial charge in [0.2, 0.25) is 0 Å². The van der Waals surface area contributed by atoms with Crippen LogP contribution < -0.4 is 0 Å². The van der Waals surface area contributed by atoms with Gasteiger partial charge in [-0.25, -0.2) is 4.39 Å². The normalized spacial score (nSPS) is 16.5. The molecule has 0 N–H and O–H groups in total. The number of halogens is 1. The lowest BCUT2D eigenvalue weighted by Crippen LogP contribution is -2.38. The highest BCUT2D eigenvalue weighted by Gasteiger charge is 2.23. The third-order valence-electron chi connectivity index (χ3n) is 3.86. The van der Waals surface area contributed by atoms with Gasteiger partial charge in [0.05, 0.1) is 0 Å². The molecule has 1 aromatic carbocycles. The van der Waals surface area contributed by atoms with E-state index < -0.39 is 0 Å². The van der Waals surface area contributed by atoms with Gasteiger partial charge in [0.1, 0.15) is 5.82 Å². The van der Waals surface area contributed by atoms with Crippen LogP contribution in [0, 0.1) is 18.7 Å². The number of carbonyl (C=O) groups is 1. The lowest BCUT2D eigenvalue weighted by atomic mass is 9.97. The van der Waals surface area contributed by atoms with Crippen molar-refractivity contribution < 1.29 is 9.18 Å². The van der Waals surface area contributed by atoms with Crippen LogP contribution in [0.4, 0.5) is 4.39 Å². The molecule has 19 heavy (non-hydrogen) atoms. The molecule has 0 bridgehead atoms. The van der Waals surface area contributed by atoms with Gasteiger partial charge in [0.25, 0.3) is 5.91 Å². The van der Waals surface area contributed by atoms with Crippen molar-refractivity contribution in [1.29, 1.82) is 0 Å². The molecule has 2 nitrogen and oxygen atoms in total. The second kappa shape index (κ2) is 5.55. The van der Waals surface area contributed by atoms with Crippen LogP contribution in [0.15, 0.2) is 18.7 Å². The molecule has 1 heterocycles. The van der Waals surface area contributed by atoms with E-state index in [9.17, 15) is 9.18 Å². The fourth-order valence-corrected chi connectivity index (χ4v) is 2.47. The highest BCUT2D eigenvalue weighted by atomic mass is 19.1. The van der Waals surface area contributed by atoms with E-state index in [1.165, 1.54) is 12.1 Å². The molecule has 0 spiro atoms. The van der Waals surface area contributed by atoms with Crippen LogP contribution >= 0.6 is 0 Å². The topological polar surface area (TPSA) is 20.3 Å². The van der Waals surface area contributed by atoms with Crippen molar-refractivity contribution >= 4 is 12.0 Å². The van der Waals surface area contributed by atoms with E-state index in [2.05, 4.69) is 13.5 Å². The molecular weight excluding hydrogens is 241 g/mol. The van der Waals surface area contributed by atoms with E-state index >= 15 is 0 Å². The Kier molecular flexibility index (Phi) is 4.03. The zero-order chi connectivity index (χ0) is 14.0. The smallest absolute Gasteiger partial charge is 0.254 e. The maximum atomic E-state index is 13.8. The molecule has 0 aliphatic carbocycles. The fraction of sp³-hybridized carbons (Fsp3) is 0.438. The van der Waals surface area contributed by atoms with Crippen LogP contribution in [-0.4, -0.2) is 23.9 Å². The molecule has 0 aromatic heterocycles. The Morgan fingerprint density at radius 3 is 2.63 bits per heavy atom. The number of hydrogen-bond donors (Lipinski definition) is 0. The zero-order valence-corrected chi connectivity index (χ0v) is 11.6. The Morgan fingerprint density at radius 1 is 1.42 bits per heavy atom. The van der Waals surface area contributed by atoms with E-state index in [0.29, 0.717) is 17.0 Å². The number of amides is 1. The molecule has 0 unspecified atom stereocenters. The zero-order valence-electron chi connectivity index (χ0n) is 11.6. The minimum Gasteiger partial charge on any atom is -0.339 e. The number of benzene rings is 1. The summed E-state index contributed by atoms with van der Waals surface area (Å²) in [5, 5.41) is 0. The van der Waals surface area contributed by atoms with Crippen LogP contribution in [0.2, 0.25) is 0 Å². The van der Waals surface area contributed by atoms with Gasteiger partial charge in [-0.1, -0.05) is 19.6 Å². The number of likely N-dealkylation sites (tertiary alicyclic amines) is 1. The average molecular weight is 261 g/mol. The van der Waals surface area contributed by atoms with Crippen molar-refractivity contribution in [2.75, 3.05) is 13.1 Å². The van der Waals surface area contributed by atoms with Gasteiger partial charge in [-0.15, -0.1) is 0 Å². The summed E-state index contributed by atoms with van der Waals surface area (Å²) in [6, 6.07) is 3.02. The van der Waals surface area contributed by atoms with Gasteiger partial charge in [-0.05, 0) is 43.4 Å². The molecule has 1 amide bonds. The number of aryl methyl sites for hydroxylation is 1. The van der Waals surface area contributed by atoms with Crippen LogP contribution in [-0.2, 0) is 0 Å². The van der Waals surface area contributed by atoms with Crippen molar-refractivity contribution in [3.63, 3.8) is 0 Å². The quantitative estimate of drug-likeness (QED) is 0.795. The minimum atomic E-state index is -0.380. The standard InChI is InChI=1S/C16H20FNO/c1-4-13-9-12(3)14(10-15(13)17)16(19)18-7-5-11(2)6-8-18/h4,9-11H,1,5-8H2,2-3H3. The summed E-state index contributed by atoms with van der Waals surface area (Å²) in [4.78, 5) is 14.2. The summed E-state index contributed by atoms with van der Waals surface area (Å²) in [7, 11) is 0. The van der Waals surface area contributed by atoms with Crippen molar-refractivity contribution in [3.05, 3.63) is 41.2 Å². The van der Waals surface area contributed by atoms with Gasteiger partial charge in [0.15, 0.2) is 0 Å². The highest BCUT2D eigenvalue weighted by molar-refractivity contribution is 5.96. The Bertz CT molecular complexity index is 502. The molecule has 1 saturated heterocycles. The summed E-state index contributed by atoms with van der Waals surface area (Å²) < 4.78 is 13.8. The summed E-state index contributed by atoms with van der Waals surface area (Å²) >= 11 is 0. The van der Waals surface area contributed by atoms with Crippen molar-refractivity contribution in [2.45, 2.75) is 26.7 Å². The molecular formula is C16H20FNO. The highest BCUT2D eigenvalue weighted by Crippen LogP contribution is 2.22. The second-order valence-electron chi connectivity index (χ2n) is 5.37. The van der Waals surface area contributed by atoms with Gasteiger partial charge >= 0.3 is 0 Å². The van der Waals surface area contributed by atoms with E-state index in [1.54, 1.807) is 6.07 Å². The molecule has 0 atom stereocenters. The molecule has 0 saturated carbocycles. The predicted octanol–water partition coefficient (Wildman–Crippen LogP) is 3.65. The van der Waals surface area contributed by atoms with Crippen LogP contribution in [0.3, 0.4) is 0 Å². The molecule has 1 fully saturated rings. The summed E-state index contributed by atoms with van der Waals surface area (Å²) in [6.45, 7) is 9.15. The van der Waals surface area contributed by atoms with E-state index in [-0.39, 0.29) is 11.7 Å². The molecule has 1 aliphatic heterocycles. The maximum Gasteiger partial charge on any atom is 0.254 e.